The van der Waals surface area contributed by atoms with E-state index < -0.39 is 11.2 Å². The molecule has 0 aliphatic heterocycles. The molecule has 2 aromatic heterocycles. The molecular weight excluding hydrogens is 298 g/mol. The lowest BCUT2D eigenvalue weighted by atomic mass is 10.2. The number of amides is 1. The van der Waals surface area contributed by atoms with Crippen LogP contribution in [0.3, 0.4) is 0 Å². The first-order chi connectivity index (χ1) is 11.0. The third kappa shape index (κ3) is 4.53. The maximum absolute atomic E-state index is 11.9. The summed E-state index contributed by atoms with van der Waals surface area (Å²) in [6, 6.07) is 4.96. The molecule has 0 saturated carbocycles. The normalized spacial score (nSPS) is 10.3. The smallest absolute Gasteiger partial charge is 0.328 e. The number of H-pyrrole nitrogens is 1. The Morgan fingerprint density at radius 3 is 2.83 bits per heavy atom. The van der Waals surface area contributed by atoms with Crippen molar-refractivity contribution in [3.63, 3.8) is 0 Å². The number of aryl methyl sites for hydroxylation is 1. The van der Waals surface area contributed by atoms with E-state index in [1.165, 1.54) is 16.8 Å². The molecule has 2 aromatic rings. The summed E-state index contributed by atoms with van der Waals surface area (Å²) in [7, 11) is 3.77. The Morgan fingerprint density at radius 1 is 1.35 bits per heavy atom. The third-order valence-corrected chi connectivity index (χ3v) is 3.24. The van der Waals surface area contributed by atoms with E-state index in [-0.39, 0.29) is 18.9 Å². The Bertz CT molecular complexity index is 794. The van der Waals surface area contributed by atoms with Crippen molar-refractivity contribution >= 4 is 11.7 Å². The lowest BCUT2D eigenvalue weighted by Crippen LogP contribution is -2.31. The second-order valence-corrected chi connectivity index (χ2v) is 5.21. The van der Waals surface area contributed by atoms with Crippen LogP contribution in [0.2, 0.25) is 0 Å². The zero-order valence-electron chi connectivity index (χ0n) is 13.1. The predicted molar refractivity (Wildman–Crippen MR) is 86.4 cm³/mol. The van der Waals surface area contributed by atoms with Crippen molar-refractivity contribution in [1.82, 2.24) is 19.9 Å². The highest BCUT2D eigenvalue weighted by Gasteiger charge is 2.08. The second-order valence-electron chi connectivity index (χ2n) is 5.21. The summed E-state index contributed by atoms with van der Waals surface area (Å²) in [5.41, 5.74) is -0.0667. The molecule has 0 radical (unpaired) electrons. The van der Waals surface area contributed by atoms with Gasteiger partial charge in [0.15, 0.2) is 0 Å². The highest BCUT2D eigenvalue weighted by molar-refractivity contribution is 5.76. The monoisotopic (exact) mass is 317 g/mol. The first-order valence-corrected chi connectivity index (χ1v) is 7.15. The van der Waals surface area contributed by atoms with Crippen molar-refractivity contribution in [1.29, 1.82) is 0 Å². The minimum Gasteiger partial charge on any atom is -0.362 e. The number of nitrogens with one attached hydrogen (secondary N) is 2. The lowest BCUT2D eigenvalue weighted by molar-refractivity contribution is -0.121. The quantitative estimate of drug-likeness (QED) is 0.762. The summed E-state index contributed by atoms with van der Waals surface area (Å²) in [5.74, 6) is 0.612. The van der Waals surface area contributed by atoms with Gasteiger partial charge in [0.2, 0.25) is 5.91 Å². The van der Waals surface area contributed by atoms with Crippen molar-refractivity contribution < 1.29 is 4.79 Å². The molecule has 0 saturated heterocycles. The van der Waals surface area contributed by atoms with Gasteiger partial charge < -0.3 is 14.8 Å². The summed E-state index contributed by atoms with van der Waals surface area (Å²) >= 11 is 0. The highest BCUT2D eigenvalue weighted by Crippen LogP contribution is 2.13. The van der Waals surface area contributed by atoms with Gasteiger partial charge in [-0.3, -0.25) is 14.6 Å². The molecule has 2 heterocycles. The Labute approximate surface area is 132 Å². The van der Waals surface area contributed by atoms with Gasteiger partial charge in [0.25, 0.3) is 5.56 Å². The number of aromatic amines is 1. The van der Waals surface area contributed by atoms with Gasteiger partial charge in [-0.25, -0.2) is 9.78 Å². The molecule has 0 bridgehead atoms. The Balaban J connectivity index is 1.91. The fraction of sp³-hybridized carbons (Fsp3) is 0.333. The molecule has 0 aliphatic carbocycles. The van der Waals surface area contributed by atoms with E-state index in [1.807, 2.05) is 31.1 Å². The third-order valence-electron chi connectivity index (χ3n) is 3.24. The van der Waals surface area contributed by atoms with Crippen LogP contribution in [-0.4, -0.2) is 34.5 Å². The number of pyridine rings is 1. The number of anilines is 1. The fourth-order valence-electron chi connectivity index (χ4n) is 2.10. The molecule has 2 rings (SSSR count). The molecule has 2 N–H and O–H groups in total. The van der Waals surface area contributed by atoms with Gasteiger partial charge in [-0.05, 0) is 6.07 Å². The maximum atomic E-state index is 11.9. The summed E-state index contributed by atoms with van der Waals surface area (Å²) in [6.45, 7) is 0.565. The van der Waals surface area contributed by atoms with Gasteiger partial charge in [0.1, 0.15) is 5.82 Å². The largest absolute Gasteiger partial charge is 0.362 e. The molecule has 23 heavy (non-hydrogen) atoms. The van der Waals surface area contributed by atoms with Crippen LogP contribution in [-0.2, 0) is 17.9 Å². The molecule has 0 aromatic carbocycles. The first kappa shape index (κ1) is 16.5. The zero-order chi connectivity index (χ0) is 16.8. The molecule has 8 nitrogen and oxygen atoms in total. The predicted octanol–water partition coefficient (Wildman–Crippen LogP) is -0.296. The number of hydrogen-bond acceptors (Lipinski definition) is 5. The number of aromatic nitrogens is 3. The van der Waals surface area contributed by atoms with E-state index in [0.717, 1.165) is 11.4 Å². The van der Waals surface area contributed by atoms with Crippen LogP contribution in [0.5, 0.6) is 0 Å². The van der Waals surface area contributed by atoms with E-state index in [9.17, 15) is 14.4 Å². The lowest BCUT2D eigenvalue weighted by Gasteiger charge is -2.16. The van der Waals surface area contributed by atoms with Crippen LogP contribution in [0.15, 0.2) is 40.2 Å². The van der Waals surface area contributed by atoms with Crippen LogP contribution in [0.25, 0.3) is 0 Å². The highest BCUT2D eigenvalue weighted by atomic mass is 16.2. The minimum absolute atomic E-state index is 0.142. The minimum atomic E-state index is -0.521. The SMILES string of the molecule is CN(C)c1ncccc1CNC(=O)CCn1ccc(=O)[nH]c1=O. The summed E-state index contributed by atoms with van der Waals surface area (Å²) in [4.78, 5) is 42.7. The standard InChI is InChI=1S/C15H19N5O3/c1-19(2)14-11(4-3-7-16-14)10-17-12(21)5-8-20-9-6-13(22)18-15(20)23/h3-4,6-7,9H,5,8,10H2,1-2H3,(H,17,21)(H,18,22,23). The molecule has 0 atom stereocenters. The van der Waals surface area contributed by atoms with Gasteiger partial charge in [0.05, 0.1) is 0 Å². The molecule has 122 valence electrons. The number of nitrogens with zero attached hydrogens (tertiary/aromatic N) is 3. The van der Waals surface area contributed by atoms with Crippen LogP contribution < -0.4 is 21.5 Å². The van der Waals surface area contributed by atoms with Gasteiger partial charge in [-0.1, -0.05) is 6.07 Å². The molecule has 0 aliphatic rings. The number of carbonyl (C=O) groups excluding carboxylic acids is 1. The Kier molecular flexibility index (Phi) is 5.29. The van der Waals surface area contributed by atoms with E-state index in [4.69, 9.17) is 0 Å². The zero-order valence-corrected chi connectivity index (χ0v) is 13.1. The van der Waals surface area contributed by atoms with E-state index in [0.29, 0.717) is 6.54 Å². The van der Waals surface area contributed by atoms with E-state index >= 15 is 0 Å². The number of rotatable bonds is 6. The van der Waals surface area contributed by atoms with Crippen molar-refractivity contribution in [2.45, 2.75) is 19.5 Å². The van der Waals surface area contributed by atoms with E-state index in [2.05, 4.69) is 15.3 Å². The van der Waals surface area contributed by atoms with Crippen molar-refractivity contribution in [2.75, 3.05) is 19.0 Å². The molecule has 1 amide bonds. The van der Waals surface area contributed by atoms with Crippen molar-refractivity contribution in [3.8, 4) is 0 Å². The van der Waals surface area contributed by atoms with Crippen LogP contribution in [0, 0.1) is 0 Å². The summed E-state index contributed by atoms with van der Waals surface area (Å²) in [5, 5.41) is 2.80. The molecule has 0 fully saturated rings. The molecule has 8 heteroatoms. The topological polar surface area (TPSA) is 100 Å². The fourth-order valence-corrected chi connectivity index (χ4v) is 2.10. The Hall–Kier alpha value is -2.90. The van der Waals surface area contributed by atoms with E-state index in [1.54, 1.807) is 6.20 Å². The Morgan fingerprint density at radius 2 is 2.13 bits per heavy atom. The van der Waals surface area contributed by atoms with Gasteiger partial charge in [-0.15, -0.1) is 0 Å². The van der Waals surface area contributed by atoms with Crippen LogP contribution in [0.4, 0.5) is 5.82 Å². The first-order valence-electron chi connectivity index (χ1n) is 7.15. The summed E-state index contributed by atoms with van der Waals surface area (Å²) in [6.07, 6.45) is 3.21. The van der Waals surface area contributed by atoms with Crippen LogP contribution >= 0.6 is 0 Å². The maximum Gasteiger partial charge on any atom is 0.328 e. The average molecular weight is 317 g/mol. The number of carbonyl (C=O) groups is 1. The summed E-state index contributed by atoms with van der Waals surface area (Å²) < 4.78 is 1.29. The van der Waals surface area contributed by atoms with Crippen molar-refractivity contribution in [3.05, 3.63) is 57.0 Å². The second kappa shape index (κ2) is 7.39. The van der Waals surface area contributed by atoms with Gasteiger partial charge in [0, 0.05) is 57.6 Å². The van der Waals surface area contributed by atoms with Crippen molar-refractivity contribution in [2.24, 2.45) is 0 Å². The number of hydrogen-bond donors (Lipinski definition) is 2. The van der Waals surface area contributed by atoms with Crippen LogP contribution in [0.1, 0.15) is 12.0 Å². The van der Waals surface area contributed by atoms with Gasteiger partial charge in [-0.2, -0.15) is 0 Å². The molecule has 0 unspecified atom stereocenters. The molecular formula is C15H19N5O3. The molecule has 0 spiro atoms. The average Bonchev–Trinajstić information content (AvgIpc) is 2.52. The van der Waals surface area contributed by atoms with Gasteiger partial charge >= 0.3 is 5.69 Å².